The van der Waals surface area contributed by atoms with Gasteiger partial charge in [0.1, 0.15) is 0 Å². The molecule has 0 spiro atoms. The highest BCUT2D eigenvalue weighted by molar-refractivity contribution is 5.89. The van der Waals surface area contributed by atoms with Crippen LogP contribution in [0.25, 0.3) is 0 Å². The van der Waals surface area contributed by atoms with E-state index in [0.29, 0.717) is 11.4 Å². The van der Waals surface area contributed by atoms with Gasteiger partial charge < -0.3 is 10.6 Å². The summed E-state index contributed by atoms with van der Waals surface area (Å²) in [6, 6.07) is 16.1. The molecule has 26 heavy (non-hydrogen) atoms. The number of alkyl halides is 2. The van der Waals surface area contributed by atoms with Crippen LogP contribution in [0.2, 0.25) is 0 Å². The Kier molecular flexibility index (Phi) is 9.16. The van der Waals surface area contributed by atoms with Crippen molar-refractivity contribution in [1.29, 1.82) is 0 Å². The molecule has 0 fully saturated rings. The molecule has 2 aromatic carbocycles. The number of para-hydroxylation sites is 1. The van der Waals surface area contributed by atoms with Crippen molar-refractivity contribution in [2.24, 2.45) is 0 Å². The molecule has 2 amide bonds. The van der Waals surface area contributed by atoms with Gasteiger partial charge in [-0.15, -0.1) is 0 Å². The number of nitrogens with one attached hydrogen (secondary N) is 4. The Balaban J connectivity index is 0.000000273. The van der Waals surface area contributed by atoms with Crippen LogP contribution >= 0.6 is 0 Å². The van der Waals surface area contributed by atoms with Gasteiger partial charge in [0.15, 0.2) is 0 Å². The number of hydrazine groups is 1. The normalized spacial score (nSPS) is 9.58. The third kappa shape index (κ3) is 9.86. The molecule has 140 valence electrons. The standard InChI is InChI=1S/C10H12F2N2O.C8H10N2O/c1-7(15)14-9-4-2-3-8(5-9)13-6-10(11)12;1-7(11)9-10-8-5-3-2-4-6-8/h2-5,10,13H,6H2,1H3,(H,14,15);2-6,10H,1H3,(H,9,11). The van der Waals surface area contributed by atoms with Crippen LogP contribution < -0.4 is 21.5 Å². The fraction of sp³-hybridized carbons (Fsp3) is 0.222. The summed E-state index contributed by atoms with van der Waals surface area (Å²) >= 11 is 0. The number of carbonyl (C=O) groups excluding carboxylic acids is 2. The van der Waals surface area contributed by atoms with Gasteiger partial charge in [-0.2, -0.15) is 0 Å². The summed E-state index contributed by atoms with van der Waals surface area (Å²) in [5, 5.41) is 5.12. The van der Waals surface area contributed by atoms with Crippen LogP contribution in [-0.4, -0.2) is 24.8 Å². The van der Waals surface area contributed by atoms with Gasteiger partial charge >= 0.3 is 0 Å². The first-order valence-corrected chi connectivity index (χ1v) is 7.84. The lowest BCUT2D eigenvalue weighted by atomic mass is 10.2. The fourth-order valence-corrected chi connectivity index (χ4v) is 1.79. The molecule has 0 atom stereocenters. The maximum absolute atomic E-state index is 11.9. The summed E-state index contributed by atoms with van der Waals surface area (Å²) in [4.78, 5) is 21.2. The Hall–Kier alpha value is -3.16. The minimum absolute atomic E-state index is 0.103. The first kappa shape index (κ1) is 20.9. The molecule has 0 aliphatic carbocycles. The topological polar surface area (TPSA) is 82.3 Å². The van der Waals surface area contributed by atoms with Crippen LogP contribution in [0.4, 0.5) is 25.8 Å². The molecule has 2 rings (SSSR count). The SMILES string of the molecule is CC(=O)NNc1ccccc1.CC(=O)Nc1cccc(NCC(F)F)c1. The van der Waals surface area contributed by atoms with Crippen LogP contribution in [0.3, 0.4) is 0 Å². The van der Waals surface area contributed by atoms with Crippen molar-refractivity contribution in [2.75, 3.05) is 22.6 Å². The van der Waals surface area contributed by atoms with Gasteiger partial charge in [-0.05, 0) is 30.3 Å². The molecule has 0 aliphatic rings. The minimum atomic E-state index is -2.39. The summed E-state index contributed by atoms with van der Waals surface area (Å²) in [6.45, 7) is 2.44. The van der Waals surface area contributed by atoms with E-state index in [2.05, 4.69) is 21.5 Å². The second-order valence-corrected chi connectivity index (χ2v) is 5.21. The van der Waals surface area contributed by atoms with Crippen LogP contribution in [0, 0.1) is 0 Å². The summed E-state index contributed by atoms with van der Waals surface area (Å²) in [5.74, 6) is -0.296. The smallest absolute Gasteiger partial charge is 0.255 e. The maximum Gasteiger partial charge on any atom is 0.255 e. The number of amides is 2. The van der Waals surface area contributed by atoms with E-state index in [-0.39, 0.29) is 11.8 Å². The number of hydrogen-bond acceptors (Lipinski definition) is 4. The molecule has 0 saturated carbocycles. The zero-order chi connectivity index (χ0) is 19.4. The van der Waals surface area contributed by atoms with Crippen molar-refractivity contribution in [3.8, 4) is 0 Å². The Labute approximate surface area is 151 Å². The monoisotopic (exact) mass is 364 g/mol. The van der Waals surface area contributed by atoms with E-state index in [4.69, 9.17) is 0 Å². The van der Waals surface area contributed by atoms with Crippen molar-refractivity contribution >= 4 is 28.9 Å². The van der Waals surface area contributed by atoms with E-state index in [0.717, 1.165) is 5.69 Å². The second kappa shape index (κ2) is 11.4. The van der Waals surface area contributed by atoms with E-state index in [1.54, 1.807) is 24.3 Å². The predicted octanol–water partition coefficient (Wildman–Crippen LogP) is 3.47. The molecule has 4 N–H and O–H groups in total. The van der Waals surface area contributed by atoms with E-state index < -0.39 is 13.0 Å². The fourth-order valence-electron chi connectivity index (χ4n) is 1.79. The summed E-state index contributed by atoms with van der Waals surface area (Å²) in [6.07, 6.45) is -2.39. The first-order chi connectivity index (χ1) is 12.4. The molecule has 2 aromatic rings. The zero-order valence-electron chi connectivity index (χ0n) is 14.6. The van der Waals surface area contributed by atoms with Crippen LogP contribution in [0.15, 0.2) is 54.6 Å². The van der Waals surface area contributed by atoms with Crippen molar-refractivity contribution in [2.45, 2.75) is 20.3 Å². The van der Waals surface area contributed by atoms with Gasteiger partial charge in [0.05, 0.1) is 12.2 Å². The van der Waals surface area contributed by atoms with E-state index >= 15 is 0 Å². The van der Waals surface area contributed by atoms with Gasteiger partial charge in [-0.25, -0.2) is 8.78 Å². The molecule has 0 heterocycles. The highest BCUT2D eigenvalue weighted by Gasteiger charge is 2.02. The van der Waals surface area contributed by atoms with Gasteiger partial charge in [0.2, 0.25) is 11.8 Å². The quantitative estimate of drug-likeness (QED) is 0.592. The van der Waals surface area contributed by atoms with Crippen LogP contribution in [-0.2, 0) is 9.59 Å². The lowest BCUT2D eigenvalue weighted by Crippen LogP contribution is -2.26. The number of anilines is 3. The van der Waals surface area contributed by atoms with Crippen LogP contribution in [0.1, 0.15) is 13.8 Å². The molecule has 0 aromatic heterocycles. The first-order valence-electron chi connectivity index (χ1n) is 7.84. The van der Waals surface area contributed by atoms with E-state index in [9.17, 15) is 18.4 Å². The third-order valence-corrected chi connectivity index (χ3v) is 2.80. The van der Waals surface area contributed by atoms with Crippen LogP contribution in [0.5, 0.6) is 0 Å². The van der Waals surface area contributed by atoms with Crippen molar-refractivity contribution < 1.29 is 18.4 Å². The minimum Gasteiger partial charge on any atom is -0.379 e. The summed E-state index contributed by atoms with van der Waals surface area (Å²) in [7, 11) is 0. The molecular formula is C18H22F2N4O2. The largest absolute Gasteiger partial charge is 0.379 e. The average Bonchev–Trinajstić information content (AvgIpc) is 2.59. The lowest BCUT2D eigenvalue weighted by molar-refractivity contribution is -0.118. The Bertz CT molecular complexity index is 697. The number of benzene rings is 2. The predicted molar refractivity (Wildman–Crippen MR) is 99.1 cm³/mol. The molecule has 0 bridgehead atoms. The second-order valence-electron chi connectivity index (χ2n) is 5.21. The molecule has 8 heteroatoms. The van der Waals surface area contributed by atoms with Gasteiger partial charge in [0.25, 0.3) is 6.43 Å². The highest BCUT2D eigenvalue weighted by atomic mass is 19.3. The Morgan fingerprint density at radius 1 is 0.885 bits per heavy atom. The molecule has 6 nitrogen and oxygen atoms in total. The van der Waals surface area contributed by atoms with Gasteiger partial charge in [0, 0.05) is 25.2 Å². The zero-order valence-corrected chi connectivity index (χ0v) is 14.6. The molecule has 0 aliphatic heterocycles. The molecular weight excluding hydrogens is 342 g/mol. The Morgan fingerprint density at radius 3 is 2.08 bits per heavy atom. The number of hydrogen-bond donors (Lipinski definition) is 4. The summed E-state index contributed by atoms with van der Waals surface area (Å²) < 4.78 is 23.8. The summed E-state index contributed by atoms with van der Waals surface area (Å²) in [5.41, 5.74) is 7.24. The van der Waals surface area contributed by atoms with E-state index in [1.165, 1.54) is 13.8 Å². The average molecular weight is 364 g/mol. The van der Waals surface area contributed by atoms with Crippen molar-refractivity contribution in [3.63, 3.8) is 0 Å². The molecule has 0 unspecified atom stereocenters. The van der Waals surface area contributed by atoms with E-state index in [1.807, 2.05) is 30.3 Å². The van der Waals surface area contributed by atoms with Crippen molar-refractivity contribution in [1.82, 2.24) is 5.43 Å². The number of halogens is 2. The van der Waals surface area contributed by atoms with Gasteiger partial charge in [-0.3, -0.25) is 20.4 Å². The molecule has 0 saturated heterocycles. The third-order valence-electron chi connectivity index (χ3n) is 2.80. The number of rotatable bonds is 6. The van der Waals surface area contributed by atoms with Crippen molar-refractivity contribution in [3.05, 3.63) is 54.6 Å². The Morgan fingerprint density at radius 2 is 1.50 bits per heavy atom. The maximum atomic E-state index is 11.9. The lowest BCUT2D eigenvalue weighted by Gasteiger charge is -2.07. The highest BCUT2D eigenvalue weighted by Crippen LogP contribution is 2.15. The molecule has 0 radical (unpaired) electrons. The number of carbonyl (C=O) groups is 2. The van der Waals surface area contributed by atoms with Gasteiger partial charge in [-0.1, -0.05) is 24.3 Å².